The number of aliphatic carboxylic acids is 1. The molecular weight excluding hydrogens is 505 g/mol. The van der Waals surface area contributed by atoms with Crippen molar-refractivity contribution in [2.24, 2.45) is 0 Å². The number of carbonyl (C=O) groups is 1. The number of hydrogen-bond acceptors (Lipinski definition) is 4. The lowest BCUT2D eigenvalue weighted by molar-refractivity contribution is -0.137. The van der Waals surface area contributed by atoms with Gasteiger partial charge in [-0.2, -0.15) is 4.31 Å². The molecule has 3 aromatic carbocycles. The maximum atomic E-state index is 16.7. The summed E-state index contributed by atoms with van der Waals surface area (Å²) in [5.74, 6) is -2.47. The van der Waals surface area contributed by atoms with E-state index in [1.54, 1.807) is 30.3 Å². The number of fused-ring (bicyclic) bond motifs is 1. The Bertz CT molecular complexity index is 1640. The van der Waals surface area contributed by atoms with Crippen molar-refractivity contribution < 1.29 is 27.1 Å². The van der Waals surface area contributed by atoms with Gasteiger partial charge < -0.3 is 9.52 Å². The smallest absolute Gasteiger partial charge is 0.318 e. The van der Waals surface area contributed by atoms with Crippen molar-refractivity contribution in [1.29, 1.82) is 0 Å². The maximum Gasteiger partial charge on any atom is 0.318 e. The summed E-state index contributed by atoms with van der Waals surface area (Å²) in [6.07, 6.45) is 4.50. The van der Waals surface area contributed by atoms with Crippen molar-refractivity contribution in [3.63, 3.8) is 0 Å². The van der Waals surface area contributed by atoms with Gasteiger partial charge in [0.15, 0.2) is 4.75 Å². The zero-order valence-corrected chi connectivity index (χ0v) is 21.4. The molecule has 1 aliphatic carbocycles. The van der Waals surface area contributed by atoms with Crippen LogP contribution in [-0.2, 0) is 26.0 Å². The van der Waals surface area contributed by atoms with Gasteiger partial charge in [0, 0.05) is 30.3 Å². The first kappa shape index (κ1) is 25.6. The largest absolute Gasteiger partial charge is 0.480 e. The second-order valence-electron chi connectivity index (χ2n) is 9.26. The Morgan fingerprint density at radius 3 is 2.29 bits per heavy atom. The molecule has 0 amide bonds. The summed E-state index contributed by atoms with van der Waals surface area (Å²) >= 11 is 0. The number of benzene rings is 3. The quantitative estimate of drug-likeness (QED) is 0.292. The molecule has 0 radical (unpaired) electrons. The molecule has 38 heavy (non-hydrogen) atoms. The molecular formula is C30H26FNO5S. The maximum absolute atomic E-state index is 16.7. The SMILES string of the molecule is CN(CC(=O)O)S(=O)(=O)C1(c2c(Cc3ccccc3)oc3ccccc23)C=CC(c2ccccc2)C=C1F. The van der Waals surface area contributed by atoms with Gasteiger partial charge in [-0.15, -0.1) is 0 Å². The monoisotopic (exact) mass is 531 g/mol. The molecule has 0 aliphatic heterocycles. The van der Waals surface area contributed by atoms with Crippen LogP contribution in [0.1, 0.15) is 28.4 Å². The molecule has 0 spiro atoms. The average Bonchev–Trinajstić information content (AvgIpc) is 3.27. The Balaban J connectivity index is 1.78. The summed E-state index contributed by atoms with van der Waals surface area (Å²) in [5, 5.41) is 9.83. The number of nitrogens with zero attached hydrogens (tertiary/aromatic N) is 1. The molecule has 194 valence electrons. The molecule has 1 aromatic heterocycles. The van der Waals surface area contributed by atoms with E-state index in [2.05, 4.69) is 0 Å². The zero-order chi connectivity index (χ0) is 26.9. The first-order chi connectivity index (χ1) is 18.2. The molecule has 2 atom stereocenters. The number of sulfonamides is 1. The number of likely N-dealkylation sites (N-methyl/N-ethyl adjacent to an activating group) is 1. The summed E-state index contributed by atoms with van der Waals surface area (Å²) in [6.45, 7) is -0.822. The Morgan fingerprint density at radius 1 is 1.00 bits per heavy atom. The minimum absolute atomic E-state index is 0.144. The second kappa shape index (κ2) is 10.0. The van der Waals surface area contributed by atoms with Gasteiger partial charge in [-0.25, -0.2) is 12.8 Å². The molecule has 0 fully saturated rings. The van der Waals surface area contributed by atoms with E-state index in [1.165, 1.54) is 12.2 Å². The highest BCUT2D eigenvalue weighted by molar-refractivity contribution is 7.90. The highest BCUT2D eigenvalue weighted by Crippen LogP contribution is 2.50. The van der Waals surface area contributed by atoms with Crippen molar-refractivity contribution in [3.05, 3.63) is 131 Å². The minimum Gasteiger partial charge on any atom is -0.480 e. The third-order valence-electron chi connectivity index (χ3n) is 6.83. The molecule has 8 heteroatoms. The van der Waals surface area contributed by atoms with Gasteiger partial charge in [0.25, 0.3) is 0 Å². The molecule has 2 unspecified atom stereocenters. The molecule has 0 bridgehead atoms. The van der Waals surface area contributed by atoms with Crippen LogP contribution in [0.5, 0.6) is 0 Å². The normalized spacial score (nSPS) is 19.6. The van der Waals surface area contributed by atoms with Crippen LogP contribution >= 0.6 is 0 Å². The number of rotatable bonds is 8. The number of hydrogen-bond donors (Lipinski definition) is 1. The second-order valence-corrected chi connectivity index (χ2v) is 11.5. The average molecular weight is 532 g/mol. The predicted octanol–water partition coefficient (Wildman–Crippen LogP) is 5.77. The van der Waals surface area contributed by atoms with Crippen molar-refractivity contribution >= 4 is 27.0 Å². The zero-order valence-electron chi connectivity index (χ0n) is 20.6. The Morgan fingerprint density at radius 2 is 1.63 bits per heavy atom. The summed E-state index contributed by atoms with van der Waals surface area (Å²) in [7, 11) is -3.49. The van der Waals surface area contributed by atoms with Crippen LogP contribution in [0, 0.1) is 0 Å². The number of para-hydroxylation sites is 1. The van der Waals surface area contributed by atoms with E-state index in [0.29, 0.717) is 15.3 Å². The van der Waals surface area contributed by atoms with E-state index in [-0.39, 0.29) is 17.7 Å². The lowest BCUT2D eigenvalue weighted by Gasteiger charge is -2.36. The van der Waals surface area contributed by atoms with E-state index in [0.717, 1.165) is 18.2 Å². The van der Waals surface area contributed by atoms with Gasteiger partial charge >= 0.3 is 5.97 Å². The van der Waals surface area contributed by atoms with Gasteiger partial charge in [-0.1, -0.05) is 91.0 Å². The Labute approximate surface area is 220 Å². The third-order valence-corrected chi connectivity index (χ3v) is 9.12. The van der Waals surface area contributed by atoms with E-state index in [4.69, 9.17) is 4.42 Å². The number of carboxylic acid groups (broad SMARTS) is 1. The standard InChI is InChI=1S/C30H26FNO5S/c1-32(20-28(33)34)38(35,36)30(17-16-23(19-27(30)31)22-12-6-3-7-13-22)29-24-14-8-9-15-25(24)37-26(29)18-21-10-4-2-5-11-21/h2-17,19,23H,18,20H2,1H3,(H,33,34). The van der Waals surface area contributed by atoms with E-state index >= 15 is 4.39 Å². The molecule has 1 heterocycles. The van der Waals surface area contributed by atoms with Crippen LogP contribution in [0.4, 0.5) is 4.39 Å². The first-order valence-corrected chi connectivity index (χ1v) is 13.5. The van der Waals surface area contributed by atoms with E-state index in [1.807, 2.05) is 60.7 Å². The fourth-order valence-corrected chi connectivity index (χ4v) is 6.83. The Kier molecular flexibility index (Phi) is 6.77. The highest BCUT2D eigenvalue weighted by atomic mass is 32.2. The molecule has 0 saturated carbocycles. The summed E-state index contributed by atoms with van der Waals surface area (Å²) < 4.78 is 49.7. The fraction of sp³-hybridized carbons (Fsp3) is 0.167. The molecule has 6 nitrogen and oxygen atoms in total. The van der Waals surface area contributed by atoms with Crippen molar-refractivity contribution in [2.75, 3.05) is 13.6 Å². The number of halogens is 1. The van der Waals surface area contributed by atoms with Crippen molar-refractivity contribution in [2.45, 2.75) is 17.1 Å². The van der Waals surface area contributed by atoms with E-state index < -0.39 is 39.0 Å². The third kappa shape index (κ3) is 4.36. The fourth-order valence-electron chi connectivity index (χ4n) is 5.01. The Hall–Kier alpha value is -4.01. The molecule has 5 rings (SSSR count). The summed E-state index contributed by atoms with van der Waals surface area (Å²) in [4.78, 5) is 11.5. The first-order valence-electron chi connectivity index (χ1n) is 12.1. The van der Waals surface area contributed by atoms with Crippen LogP contribution < -0.4 is 0 Å². The van der Waals surface area contributed by atoms with Crippen molar-refractivity contribution in [3.8, 4) is 0 Å². The van der Waals surface area contributed by atoms with Crippen molar-refractivity contribution in [1.82, 2.24) is 4.31 Å². The lowest BCUT2D eigenvalue weighted by atomic mass is 9.84. The van der Waals surface area contributed by atoms with Crippen LogP contribution in [0.15, 0.2) is 113 Å². The number of allylic oxidation sites excluding steroid dienone is 2. The van der Waals surface area contributed by atoms with E-state index in [9.17, 15) is 18.3 Å². The van der Waals surface area contributed by atoms with Gasteiger partial charge in [-0.3, -0.25) is 4.79 Å². The highest BCUT2D eigenvalue weighted by Gasteiger charge is 2.54. The van der Waals surface area contributed by atoms with Gasteiger partial charge in [0.05, 0.1) is 0 Å². The molecule has 1 aliphatic rings. The van der Waals surface area contributed by atoms with Gasteiger partial charge in [0.2, 0.25) is 10.0 Å². The molecule has 0 saturated heterocycles. The predicted molar refractivity (Wildman–Crippen MR) is 144 cm³/mol. The van der Waals surface area contributed by atoms with Crippen LogP contribution in [-0.4, -0.2) is 37.4 Å². The van der Waals surface area contributed by atoms with Gasteiger partial charge in [-0.05, 0) is 23.3 Å². The minimum atomic E-state index is -4.64. The van der Waals surface area contributed by atoms with Crippen LogP contribution in [0.25, 0.3) is 11.0 Å². The molecule has 1 N–H and O–H groups in total. The topological polar surface area (TPSA) is 87.8 Å². The van der Waals surface area contributed by atoms with Crippen LogP contribution in [0.2, 0.25) is 0 Å². The number of carboxylic acids is 1. The summed E-state index contributed by atoms with van der Waals surface area (Å²) in [6, 6.07) is 25.4. The summed E-state index contributed by atoms with van der Waals surface area (Å²) in [5.41, 5.74) is 2.21. The van der Waals surface area contributed by atoms with Gasteiger partial charge in [0.1, 0.15) is 23.7 Å². The molecule has 4 aromatic rings. The van der Waals surface area contributed by atoms with Crippen LogP contribution in [0.3, 0.4) is 0 Å². The lowest BCUT2D eigenvalue weighted by Crippen LogP contribution is -2.47. The number of furan rings is 1.